The van der Waals surface area contributed by atoms with Gasteiger partial charge in [-0.05, 0) is 25.0 Å². The Labute approximate surface area is 109 Å². The zero-order chi connectivity index (χ0) is 13.6. The fraction of sp³-hybridized carbons (Fsp3) is 0.538. The van der Waals surface area contributed by atoms with Crippen LogP contribution in [0.1, 0.15) is 20.8 Å². The molecule has 0 saturated carbocycles. The van der Waals surface area contributed by atoms with E-state index in [4.69, 9.17) is 4.74 Å². The normalized spacial score (nSPS) is 13.8. The number of sulfonamides is 1. The lowest BCUT2D eigenvalue weighted by molar-refractivity contribution is 0.116. The molecule has 0 amide bonds. The van der Waals surface area contributed by atoms with Gasteiger partial charge in [-0.1, -0.05) is 32.0 Å². The van der Waals surface area contributed by atoms with Gasteiger partial charge in [0.15, 0.2) is 0 Å². The maximum Gasteiger partial charge on any atom is 0.240 e. The second kappa shape index (κ2) is 6.87. The van der Waals surface area contributed by atoms with E-state index in [1.165, 1.54) is 0 Å². The molecule has 0 spiro atoms. The van der Waals surface area contributed by atoms with E-state index >= 15 is 0 Å². The number of nitrogens with one attached hydrogen (secondary N) is 1. The Balaban J connectivity index is 2.80. The van der Waals surface area contributed by atoms with Gasteiger partial charge in [-0.2, -0.15) is 0 Å². The molecule has 1 rings (SSSR count). The molecule has 1 aromatic rings. The molecule has 0 fully saturated rings. The molecule has 4 nitrogen and oxygen atoms in total. The molecule has 1 atom stereocenters. The van der Waals surface area contributed by atoms with Crippen LogP contribution in [0.5, 0.6) is 0 Å². The van der Waals surface area contributed by atoms with Crippen molar-refractivity contribution in [2.45, 2.75) is 31.7 Å². The number of hydrogen-bond acceptors (Lipinski definition) is 3. The van der Waals surface area contributed by atoms with Gasteiger partial charge >= 0.3 is 0 Å². The summed E-state index contributed by atoms with van der Waals surface area (Å²) in [6.07, 6.45) is 0. The summed E-state index contributed by atoms with van der Waals surface area (Å²) in [5, 5.41) is 0. The smallest absolute Gasteiger partial charge is 0.240 e. The van der Waals surface area contributed by atoms with Crippen LogP contribution in [0, 0.1) is 5.92 Å². The van der Waals surface area contributed by atoms with Crippen molar-refractivity contribution >= 4 is 10.0 Å². The second-order valence-corrected chi connectivity index (χ2v) is 6.16. The molecule has 1 aromatic carbocycles. The van der Waals surface area contributed by atoms with E-state index in [-0.39, 0.29) is 16.9 Å². The molecule has 0 aliphatic heterocycles. The summed E-state index contributed by atoms with van der Waals surface area (Å²) in [6.45, 7) is 6.80. The van der Waals surface area contributed by atoms with Gasteiger partial charge in [0.2, 0.25) is 10.0 Å². The van der Waals surface area contributed by atoms with Gasteiger partial charge in [0, 0.05) is 12.6 Å². The first kappa shape index (κ1) is 15.1. The largest absolute Gasteiger partial charge is 0.380 e. The van der Waals surface area contributed by atoms with Gasteiger partial charge in [0.25, 0.3) is 0 Å². The lowest BCUT2D eigenvalue weighted by Gasteiger charge is -2.22. The van der Waals surface area contributed by atoms with Crippen molar-refractivity contribution in [3.05, 3.63) is 30.3 Å². The van der Waals surface area contributed by atoms with Crippen molar-refractivity contribution in [3.8, 4) is 0 Å². The van der Waals surface area contributed by atoms with E-state index in [1.54, 1.807) is 30.3 Å². The fourth-order valence-electron chi connectivity index (χ4n) is 1.47. The Bertz CT molecular complexity index is 443. The van der Waals surface area contributed by atoms with Crippen LogP contribution in [0.4, 0.5) is 0 Å². The second-order valence-electron chi connectivity index (χ2n) is 4.44. The predicted octanol–water partition coefficient (Wildman–Crippen LogP) is 2.03. The topological polar surface area (TPSA) is 55.4 Å². The van der Waals surface area contributed by atoms with Crippen LogP contribution in [0.3, 0.4) is 0 Å². The van der Waals surface area contributed by atoms with Crippen LogP contribution in [-0.4, -0.2) is 27.7 Å². The van der Waals surface area contributed by atoms with Crippen LogP contribution in [-0.2, 0) is 14.8 Å². The first-order valence-electron chi connectivity index (χ1n) is 6.12. The van der Waals surface area contributed by atoms with Crippen molar-refractivity contribution in [1.82, 2.24) is 4.72 Å². The Morgan fingerprint density at radius 2 is 1.83 bits per heavy atom. The van der Waals surface area contributed by atoms with Gasteiger partial charge in [0.05, 0.1) is 11.5 Å². The Morgan fingerprint density at radius 3 is 2.33 bits per heavy atom. The minimum absolute atomic E-state index is 0.176. The summed E-state index contributed by atoms with van der Waals surface area (Å²) in [7, 11) is -3.46. The van der Waals surface area contributed by atoms with Crippen molar-refractivity contribution in [2.75, 3.05) is 13.2 Å². The fourth-order valence-corrected chi connectivity index (χ4v) is 2.86. The van der Waals surface area contributed by atoms with E-state index in [0.29, 0.717) is 13.2 Å². The zero-order valence-electron chi connectivity index (χ0n) is 11.1. The summed E-state index contributed by atoms with van der Waals surface area (Å²) in [5.74, 6) is 0.176. The number of benzene rings is 1. The van der Waals surface area contributed by atoms with Gasteiger partial charge in [-0.3, -0.25) is 0 Å². The molecule has 0 bridgehead atoms. The number of hydrogen-bond donors (Lipinski definition) is 1. The third-order valence-corrected chi connectivity index (χ3v) is 4.17. The molecule has 5 heteroatoms. The zero-order valence-corrected chi connectivity index (χ0v) is 11.9. The summed E-state index contributed by atoms with van der Waals surface area (Å²) in [6, 6.07) is 8.17. The molecular weight excluding hydrogens is 250 g/mol. The van der Waals surface area contributed by atoms with Crippen molar-refractivity contribution in [3.63, 3.8) is 0 Å². The van der Waals surface area contributed by atoms with Crippen LogP contribution in [0.2, 0.25) is 0 Å². The summed E-state index contributed by atoms with van der Waals surface area (Å²) >= 11 is 0. The molecule has 0 aromatic heterocycles. The lowest BCUT2D eigenvalue weighted by atomic mass is 10.1. The van der Waals surface area contributed by atoms with Gasteiger partial charge in [0.1, 0.15) is 0 Å². The van der Waals surface area contributed by atoms with E-state index < -0.39 is 10.0 Å². The minimum atomic E-state index is -3.46. The van der Waals surface area contributed by atoms with Gasteiger partial charge < -0.3 is 4.74 Å². The molecule has 0 heterocycles. The van der Waals surface area contributed by atoms with Crippen LogP contribution < -0.4 is 4.72 Å². The van der Waals surface area contributed by atoms with Crippen molar-refractivity contribution in [1.29, 1.82) is 0 Å². The van der Waals surface area contributed by atoms with E-state index in [2.05, 4.69) is 4.72 Å². The first-order valence-corrected chi connectivity index (χ1v) is 7.60. The van der Waals surface area contributed by atoms with E-state index in [9.17, 15) is 8.42 Å². The van der Waals surface area contributed by atoms with Crippen LogP contribution in [0.25, 0.3) is 0 Å². The molecule has 1 N–H and O–H groups in total. The van der Waals surface area contributed by atoms with Crippen molar-refractivity contribution in [2.24, 2.45) is 5.92 Å². The molecule has 1 unspecified atom stereocenters. The highest BCUT2D eigenvalue weighted by Gasteiger charge is 2.22. The molecule has 0 radical (unpaired) electrons. The highest BCUT2D eigenvalue weighted by molar-refractivity contribution is 7.89. The number of ether oxygens (including phenoxy) is 1. The maximum absolute atomic E-state index is 12.1. The summed E-state index contributed by atoms with van der Waals surface area (Å²) < 4.78 is 32.3. The molecule has 18 heavy (non-hydrogen) atoms. The molecule has 0 aliphatic carbocycles. The average molecular weight is 271 g/mol. The average Bonchev–Trinajstić information content (AvgIpc) is 2.35. The Hall–Kier alpha value is -0.910. The van der Waals surface area contributed by atoms with E-state index in [1.807, 2.05) is 20.8 Å². The third kappa shape index (κ3) is 4.40. The monoisotopic (exact) mass is 271 g/mol. The van der Waals surface area contributed by atoms with Crippen LogP contribution in [0.15, 0.2) is 35.2 Å². The Kier molecular flexibility index (Phi) is 5.78. The highest BCUT2D eigenvalue weighted by Crippen LogP contribution is 2.11. The lowest BCUT2D eigenvalue weighted by Crippen LogP contribution is -2.41. The summed E-state index contributed by atoms with van der Waals surface area (Å²) in [5.41, 5.74) is 0. The highest BCUT2D eigenvalue weighted by atomic mass is 32.2. The first-order chi connectivity index (χ1) is 8.47. The van der Waals surface area contributed by atoms with Crippen molar-refractivity contribution < 1.29 is 13.2 Å². The quantitative estimate of drug-likeness (QED) is 0.825. The molecule has 102 valence electrons. The Morgan fingerprint density at radius 1 is 1.22 bits per heavy atom. The molecule has 0 saturated heterocycles. The maximum atomic E-state index is 12.1. The van der Waals surface area contributed by atoms with Gasteiger partial charge in [-0.25, -0.2) is 13.1 Å². The standard InChI is InChI=1S/C13H21NO3S/c1-4-17-10-13(11(2)3)14-18(15,16)12-8-6-5-7-9-12/h5-9,11,13-14H,4,10H2,1-3H3. The number of rotatable bonds is 7. The minimum Gasteiger partial charge on any atom is -0.380 e. The SMILES string of the molecule is CCOCC(NS(=O)(=O)c1ccccc1)C(C)C. The molecule has 0 aliphatic rings. The van der Waals surface area contributed by atoms with Gasteiger partial charge in [-0.15, -0.1) is 0 Å². The van der Waals surface area contributed by atoms with Crippen LogP contribution >= 0.6 is 0 Å². The third-order valence-electron chi connectivity index (χ3n) is 2.67. The predicted molar refractivity (Wildman–Crippen MR) is 71.9 cm³/mol. The summed E-state index contributed by atoms with van der Waals surface area (Å²) in [4.78, 5) is 0.284. The molecular formula is C13H21NO3S. The van der Waals surface area contributed by atoms with E-state index in [0.717, 1.165) is 0 Å².